The number of pyridine rings is 1. The molecule has 0 saturated carbocycles. The molecule has 2 N–H and O–H groups in total. The summed E-state index contributed by atoms with van der Waals surface area (Å²) in [5.41, 5.74) is 1.29. The fraction of sp³-hybridized carbons (Fsp3) is 0.0667. The van der Waals surface area contributed by atoms with Gasteiger partial charge in [0.25, 0.3) is 11.5 Å². The third kappa shape index (κ3) is 2.51. The van der Waals surface area contributed by atoms with Crippen LogP contribution in [0.1, 0.15) is 16.2 Å². The maximum absolute atomic E-state index is 12.3. The van der Waals surface area contributed by atoms with Crippen LogP contribution in [0.25, 0.3) is 10.8 Å². The average Bonchev–Trinajstić information content (AvgIpc) is 2.48. The smallest absolute Gasteiger partial charge is 0.276 e. The van der Waals surface area contributed by atoms with Crippen molar-refractivity contribution in [3.63, 3.8) is 0 Å². The van der Waals surface area contributed by atoms with E-state index in [4.69, 9.17) is 0 Å². The number of rotatable bonds is 2. The molecule has 21 heavy (non-hydrogen) atoms. The van der Waals surface area contributed by atoms with Gasteiger partial charge in [0, 0.05) is 23.0 Å². The summed E-state index contributed by atoms with van der Waals surface area (Å²) in [4.78, 5) is 28.1. The second-order valence-corrected chi connectivity index (χ2v) is 4.59. The molecule has 0 spiro atoms. The predicted octanol–water partition coefficient (Wildman–Crippen LogP) is 1.88. The maximum atomic E-state index is 12.3. The second-order valence-electron chi connectivity index (χ2n) is 4.59. The van der Waals surface area contributed by atoms with E-state index in [1.165, 1.54) is 0 Å². The third-order valence-corrected chi connectivity index (χ3v) is 3.07. The molecular weight excluding hydrogens is 268 g/mol. The van der Waals surface area contributed by atoms with E-state index in [0.717, 1.165) is 5.69 Å². The van der Waals surface area contributed by atoms with Gasteiger partial charge in [-0.15, -0.1) is 0 Å². The maximum Gasteiger partial charge on any atom is 0.276 e. The van der Waals surface area contributed by atoms with E-state index in [-0.39, 0.29) is 17.2 Å². The Labute approximate surface area is 119 Å². The molecule has 0 radical (unpaired) electrons. The lowest BCUT2D eigenvalue weighted by molar-refractivity contribution is 0.102. The molecule has 6 nitrogen and oxygen atoms in total. The van der Waals surface area contributed by atoms with Gasteiger partial charge in [0.1, 0.15) is 0 Å². The van der Waals surface area contributed by atoms with Crippen molar-refractivity contribution in [3.8, 4) is 0 Å². The molecule has 1 amide bonds. The highest BCUT2D eigenvalue weighted by Crippen LogP contribution is 2.15. The molecule has 0 saturated heterocycles. The lowest BCUT2D eigenvalue weighted by Gasteiger charge is -2.07. The van der Waals surface area contributed by atoms with E-state index in [9.17, 15) is 9.59 Å². The number of carbonyl (C=O) groups excluding carboxylic acids is 1. The largest absolute Gasteiger partial charge is 0.320 e. The van der Waals surface area contributed by atoms with Crippen LogP contribution < -0.4 is 10.9 Å². The third-order valence-electron chi connectivity index (χ3n) is 3.07. The van der Waals surface area contributed by atoms with Crippen molar-refractivity contribution in [1.29, 1.82) is 0 Å². The Morgan fingerprint density at radius 3 is 2.71 bits per heavy atom. The Balaban J connectivity index is 2.03. The number of aromatic amines is 1. The standard InChI is InChI=1S/C15H12N4O2/c1-9-8-10(6-7-16-9)17-15(21)13-11-4-2-3-5-12(11)14(20)19-18-13/h2-8H,1H3,(H,19,20)(H,16,17,21). The topological polar surface area (TPSA) is 87.7 Å². The van der Waals surface area contributed by atoms with E-state index >= 15 is 0 Å². The highest BCUT2D eigenvalue weighted by atomic mass is 16.2. The van der Waals surface area contributed by atoms with Crippen LogP contribution in [0, 0.1) is 6.92 Å². The van der Waals surface area contributed by atoms with Crippen LogP contribution >= 0.6 is 0 Å². The first kappa shape index (κ1) is 13.0. The van der Waals surface area contributed by atoms with E-state index < -0.39 is 0 Å². The molecule has 0 aliphatic rings. The number of fused-ring (bicyclic) bond motifs is 1. The molecule has 0 fully saturated rings. The normalized spacial score (nSPS) is 10.5. The number of carbonyl (C=O) groups is 1. The lowest BCUT2D eigenvalue weighted by atomic mass is 10.1. The number of aryl methyl sites for hydroxylation is 1. The van der Waals surface area contributed by atoms with Crippen molar-refractivity contribution in [3.05, 3.63) is 64.3 Å². The Hall–Kier alpha value is -3.02. The number of anilines is 1. The second kappa shape index (κ2) is 5.16. The molecule has 2 aromatic heterocycles. The first-order valence-corrected chi connectivity index (χ1v) is 6.36. The number of H-pyrrole nitrogens is 1. The van der Waals surface area contributed by atoms with Gasteiger partial charge >= 0.3 is 0 Å². The zero-order valence-electron chi connectivity index (χ0n) is 11.3. The minimum absolute atomic E-state index is 0.180. The molecule has 0 atom stereocenters. The molecule has 0 aliphatic heterocycles. The Morgan fingerprint density at radius 2 is 1.95 bits per heavy atom. The lowest BCUT2D eigenvalue weighted by Crippen LogP contribution is -2.19. The van der Waals surface area contributed by atoms with E-state index in [1.54, 1.807) is 42.6 Å². The van der Waals surface area contributed by atoms with Crippen LogP contribution in [0.2, 0.25) is 0 Å². The minimum atomic E-state index is -0.381. The SMILES string of the molecule is Cc1cc(NC(=O)c2n[nH]c(=O)c3ccccc23)ccn1. The van der Waals surface area contributed by atoms with E-state index in [2.05, 4.69) is 20.5 Å². The quantitative estimate of drug-likeness (QED) is 0.750. The fourth-order valence-electron chi connectivity index (χ4n) is 2.10. The number of nitrogens with one attached hydrogen (secondary N) is 2. The van der Waals surface area contributed by atoms with Gasteiger partial charge in [-0.1, -0.05) is 18.2 Å². The highest BCUT2D eigenvalue weighted by molar-refractivity contribution is 6.11. The molecule has 1 aromatic carbocycles. The van der Waals surface area contributed by atoms with Gasteiger partial charge in [-0.25, -0.2) is 5.10 Å². The van der Waals surface area contributed by atoms with Gasteiger partial charge in [-0.05, 0) is 25.1 Å². The number of hydrogen-bond donors (Lipinski definition) is 2. The van der Waals surface area contributed by atoms with Gasteiger partial charge in [0.05, 0.1) is 5.39 Å². The summed E-state index contributed by atoms with van der Waals surface area (Å²) in [7, 11) is 0. The van der Waals surface area contributed by atoms with Crippen LogP contribution in [0.15, 0.2) is 47.4 Å². The van der Waals surface area contributed by atoms with Gasteiger partial charge in [0.15, 0.2) is 5.69 Å². The number of aromatic nitrogens is 3. The monoisotopic (exact) mass is 280 g/mol. The highest BCUT2D eigenvalue weighted by Gasteiger charge is 2.14. The van der Waals surface area contributed by atoms with Crippen LogP contribution in [-0.2, 0) is 0 Å². The van der Waals surface area contributed by atoms with Crippen molar-refractivity contribution in [2.45, 2.75) is 6.92 Å². The summed E-state index contributed by atoms with van der Waals surface area (Å²) in [6.07, 6.45) is 1.61. The van der Waals surface area contributed by atoms with Crippen LogP contribution in [-0.4, -0.2) is 21.1 Å². The number of hydrogen-bond acceptors (Lipinski definition) is 4. The fourth-order valence-corrected chi connectivity index (χ4v) is 2.10. The number of benzene rings is 1. The zero-order valence-corrected chi connectivity index (χ0v) is 11.3. The van der Waals surface area contributed by atoms with E-state index in [1.807, 2.05) is 6.92 Å². The molecular formula is C15H12N4O2. The van der Waals surface area contributed by atoms with Crippen molar-refractivity contribution in [2.24, 2.45) is 0 Å². The number of nitrogens with zero attached hydrogens (tertiary/aromatic N) is 2. The molecule has 6 heteroatoms. The van der Waals surface area contributed by atoms with Crippen molar-refractivity contribution < 1.29 is 4.79 Å². The van der Waals surface area contributed by atoms with E-state index in [0.29, 0.717) is 16.5 Å². The summed E-state index contributed by atoms with van der Waals surface area (Å²) in [5.74, 6) is -0.381. The molecule has 3 aromatic rings. The van der Waals surface area contributed by atoms with Gasteiger partial charge in [0.2, 0.25) is 0 Å². The summed E-state index contributed by atoms with van der Waals surface area (Å²) < 4.78 is 0. The first-order valence-electron chi connectivity index (χ1n) is 6.36. The molecule has 0 bridgehead atoms. The Kier molecular flexibility index (Phi) is 3.19. The summed E-state index contributed by atoms with van der Waals surface area (Å²) in [6, 6.07) is 10.3. The number of amides is 1. The van der Waals surface area contributed by atoms with Crippen molar-refractivity contribution in [1.82, 2.24) is 15.2 Å². The molecule has 104 valence electrons. The van der Waals surface area contributed by atoms with Crippen LogP contribution in [0.3, 0.4) is 0 Å². The Morgan fingerprint density at radius 1 is 1.19 bits per heavy atom. The summed E-state index contributed by atoms with van der Waals surface area (Å²) in [5, 5.41) is 9.90. The molecule has 0 aliphatic carbocycles. The Bertz CT molecular complexity index is 886. The van der Waals surface area contributed by atoms with Gasteiger partial charge < -0.3 is 5.32 Å². The predicted molar refractivity (Wildman–Crippen MR) is 79.3 cm³/mol. The van der Waals surface area contributed by atoms with Gasteiger partial charge in [-0.2, -0.15) is 5.10 Å². The van der Waals surface area contributed by atoms with Crippen LogP contribution in [0.5, 0.6) is 0 Å². The summed E-state index contributed by atoms with van der Waals surface area (Å²) in [6.45, 7) is 1.84. The zero-order chi connectivity index (χ0) is 14.8. The molecule has 3 rings (SSSR count). The summed E-state index contributed by atoms with van der Waals surface area (Å²) >= 11 is 0. The van der Waals surface area contributed by atoms with Crippen LogP contribution in [0.4, 0.5) is 5.69 Å². The average molecular weight is 280 g/mol. The van der Waals surface area contributed by atoms with Crippen molar-refractivity contribution >= 4 is 22.4 Å². The molecule has 0 unspecified atom stereocenters. The van der Waals surface area contributed by atoms with Crippen molar-refractivity contribution in [2.75, 3.05) is 5.32 Å². The first-order chi connectivity index (χ1) is 10.1. The minimum Gasteiger partial charge on any atom is -0.320 e. The molecule has 2 heterocycles. The van der Waals surface area contributed by atoms with Gasteiger partial charge in [-0.3, -0.25) is 14.6 Å².